The fourth-order valence-electron chi connectivity index (χ4n) is 2.26. The third kappa shape index (κ3) is 4.12. The summed E-state index contributed by atoms with van der Waals surface area (Å²) in [7, 11) is 0. The molecule has 0 aliphatic carbocycles. The van der Waals surface area contributed by atoms with Gasteiger partial charge in [-0.1, -0.05) is 0 Å². The summed E-state index contributed by atoms with van der Waals surface area (Å²) in [6, 6.07) is 3.93. The zero-order valence-electron chi connectivity index (χ0n) is 11.8. The summed E-state index contributed by atoms with van der Waals surface area (Å²) in [5, 5.41) is 0. The van der Waals surface area contributed by atoms with E-state index in [0.717, 1.165) is 18.2 Å². The van der Waals surface area contributed by atoms with Gasteiger partial charge in [0.1, 0.15) is 12.1 Å². The summed E-state index contributed by atoms with van der Waals surface area (Å²) in [4.78, 5) is 10.7. The minimum Gasteiger partial charge on any atom is -0.298 e. The maximum Gasteiger partial charge on any atom is 0.416 e. The van der Waals surface area contributed by atoms with E-state index in [1.54, 1.807) is 0 Å². The monoisotopic (exact) mass is 350 g/mol. The molecule has 0 aliphatic rings. The van der Waals surface area contributed by atoms with E-state index < -0.39 is 41.3 Å². The van der Waals surface area contributed by atoms with Gasteiger partial charge in [0.2, 0.25) is 0 Å². The van der Waals surface area contributed by atoms with Crippen LogP contribution in [0.3, 0.4) is 0 Å². The third-order valence-electron chi connectivity index (χ3n) is 3.25. The Morgan fingerprint density at radius 3 is 2.08 bits per heavy atom. The number of alkyl halides is 6. The number of benzene rings is 2. The first kappa shape index (κ1) is 18.0. The molecule has 1 nitrogen and oxygen atoms in total. The Morgan fingerprint density at radius 2 is 1.54 bits per heavy atom. The van der Waals surface area contributed by atoms with Gasteiger partial charge in [0.25, 0.3) is 0 Å². The highest BCUT2D eigenvalue weighted by molar-refractivity contribution is 5.75. The van der Waals surface area contributed by atoms with Crippen LogP contribution >= 0.6 is 0 Å². The van der Waals surface area contributed by atoms with Crippen molar-refractivity contribution >= 4 is 6.29 Å². The smallest absolute Gasteiger partial charge is 0.298 e. The SMILES string of the molecule is O=Cc1cc(F)cc(Cc2cc(C(F)(F)F)ccc2C(F)(F)F)c1. The highest BCUT2D eigenvalue weighted by Gasteiger charge is 2.36. The van der Waals surface area contributed by atoms with Gasteiger partial charge in [-0.15, -0.1) is 0 Å². The minimum atomic E-state index is -4.86. The second-order valence-corrected chi connectivity index (χ2v) is 5.05. The van der Waals surface area contributed by atoms with E-state index in [1.165, 1.54) is 0 Å². The van der Waals surface area contributed by atoms with Gasteiger partial charge >= 0.3 is 12.4 Å². The predicted molar refractivity (Wildman–Crippen MR) is 71.0 cm³/mol. The van der Waals surface area contributed by atoms with Crippen molar-refractivity contribution in [2.45, 2.75) is 18.8 Å². The van der Waals surface area contributed by atoms with Crippen molar-refractivity contribution in [2.75, 3.05) is 0 Å². The maximum absolute atomic E-state index is 13.4. The lowest BCUT2D eigenvalue weighted by atomic mass is 9.96. The Bertz CT molecular complexity index is 760. The number of hydrogen-bond donors (Lipinski definition) is 0. The van der Waals surface area contributed by atoms with Gasteiger partial charge in [-0.2, -0.15) is 26.3 Å². The Morgan fingerprint density at radius 1 is 0.875 bits per heavy atom. The van der Waals surface area contributed by atoms with E-state index >= 15 is 0 Å². The first-order chi connectivity index (χ1) is 11.0. The van der Waals surface area contributed by atoms with Crippen LogP contribution in [-0.2, 0) is 18.8 Å². The molecule has 8 heteroatoms. The van der Waals surface area contributed by atoms with Gasteiger partial charge in [-0.05, 0) is 53.9 Å². The Kier molecular flexibility index (Phi) is 4.68. The Balaban J connectivity index is 2.54. The second kappa shape index (κ2) is 6.26. The predicted octanol–water partition coefficient (Wildman–Crippen LogP) is 5.27. The second-order valence-electron chi connectivity index (χ2n) is 5.05. The lowest BCUT2D eigenvalue weighted by Gasteiger charge is -2.16. The number of carbonyl (C=O) groups is 1. The van der Waals surface area contributed by atoms with Gasteiger partial charge in [0, 0.05) is 5.56 Å². The van der Waals surface area contributed by atoms with Crippen LogP contribution in [0.1, 0.15) is 32.6 Å². The van der Waals surface area contributed by atoms with Crippen molar-refractivity contribution in [3.63, 3.8) is 0 Å². The van der Waals surface area contributed by atoms with Crippen molar-refractivity contribution in [3.8, 4) is 0 Å². The number of halogens is 7. The molecule has 24 heavy (non-hydrogen) atoms. The Labute approximate surface area is 131 Å². The number of aldehydes is 1. The van der Waals surface area contributed by atoms with Gasteiger partial charge < -0.3 is 0 Å². The van der Waals surface area contributed by atoms with Crippen molar-refractivity contribution in [2.24, 2.45) is 0 Å². The molecule has 0 spiro atoms. The van der Waals surface area contributed by atoms with Crippen molar-refractivity contribution in [3.05, 3.63) is 70.0 Å². The van der Waals surface area contributed by atoms with Crippen molar-refractivity contribution < 1.29 is 35.5 Å². The Hall–Kier alpha value is -2.38. The summed E-state index contributed by atoms with van der Waals surface area (Å²) in [6.07, 6.45) is -9.98. The molecule has 0 unspecified atom stereocenters. The number of rotatable bonds is 3. The highest BCUT2D eigenvalue weighted by atomic mass is 19.4. The topological polar surface area (TPSA) is 17.1 Å². The molecule has 0 atom stereocenters. The number of hydrogen-bond acceptors (Lipinski definition) is 1. The van der Waals surface area contributed by atoms with E-state index in [4.69, 9.17) is 0 Å². The first-order valence-electron chi connectivity index (χ1n) is 6.52. The van der Waals surface area contributed by atoms with E-state index in [-0.39, 0.29) is 11.1 Å². The molecular weight excluding hydrogens is 341 g/mol. The van der Waals surface area contributed by atoms with Crippen LogP contribution in [0.2, 0.25) is 0 Å². The van der Waals surface area contributed by atoms with Gasteiger partial charge in [0.05, 0.1) is 11.1 Å². The fourth-order valence-corrected chi connectivity index (χ4v) is 2.26. The van der Waals surface area contributed by atoms with Crippen LogP contribution in [0, 0.1) is 5.82 Å². The molecule has 0 N–H and O–H groups in total. The van der Waals surface area contributed by atoms with Crippen LogP contribution < -0.4 is 0 Å². The van der Waals surface area contributed by atoms with Crippen LogP contribution in [0.15, 0.2) is 36.4 Å². The van der Waals surface area contributed by atoms with E-state index in [9.17, 15) is 35.5 Å². The average molecular weight is 350 g/mol. The summed E-state index contributed by atoms with van der Waals surface area (Å²) in [5.41, 5.74) is -3.29. The molecule has 2 rings (SSSR count). The van der Waals surface area contributed by atoms with Crippen LogP contribution in [-0.4, -0.2) is 6.29 Å². The van der Waals surface area contributed by atoms with Gasteiger partial charge in [-0.3, -0.25) is 4.79 Å². The molecule has 0 radical (unpaired) electrons. The van der Waals surface area contributed by atoms with Gasteiger partial charge in [-0.25, -0.2) is 4.39 Å². The highest BCUT2D eigenvalue weighted by Crippen LogP contribution is 2.37. The van der Waals surface area contributed by atoms with Crippen LogP contribution in [0.4, 0.5) is 30.7 Å². The third-order valence-corrected chi connectivity index (χ3v) is 3.25. The molecule has 0 saturated carbocycles. The lowest BCUT2D eigenvalue weighted by molar-refractivity contribution is -0.141. The number of carbonyl (C=O) groups excluding carboxylic acids is 1. The maximum atomic E-state index is 13.4. The summed E-state index contributed by atoms with van der Waals surface area (Å²) >= 11 is 0. The molecule has 2 aromatic carbocycles. The molecule has 0 heterocycles. The zero-order valence-corrected chi connectivity index (χ0v) is 11.8. The normalized spacial score (nSPS) is 12.3. The summed E-state index contributed by atoms with van der Waals surface area (Å²) in [6.45, 7) is 0. The van der Waals surface area contributed by atoms with Crippen molar-refractivity contribution in [1.82, 2.24) is 0 Å². The van der Waals surface area contributed by atoms with Crippen LogP contribution in [0.25, 0.3) is 0 Å². The zero-order chi connectivity index (χ0) is 18.1. The molecule has 0 bridgehead atoms. The van der Waals surface area contributed by atoms with E-state index in [2.05, 4.69) is 0 Å². The van der Waals surface area contributed by atoms with Crippen LogP contribution in [0.5, 0.6) is 0 Å². The van der Waals surface area contributed by atoms with Crippen molar-refractivity contribution in [1.29, 1.82) is 0 Å². The molecule has 0 aliphatic heterocycles. The molecule has 0 fully saturated rings. The summed E-state index contributed by atoms with van der Waals surface area (Å²) in [5.74, 6) is -0.866. The molecule has 0 amide bonds. The van der Waals surface area contributed by atoms with Gasteiger partial charge in [0.15, 0.2) is 0 Å². The molecule has 0 aromatic heterocycles. The molecule has 128 valence electrons. The minimum absolute atomic E-state index is 0.0399. The lowest BCUT2D eigenvalue weighted by Crippen LogP contribution is -2.13. The quantitative estimate of drug-likeness (QED) is 0.545. The summed E-state index contributed by atoms with van der Waals surface area (Å²) < 4.78 is 90.5. The standard InChI is InChI=1S/C16H9F7O/c17-13-5-9(3-10(6-13)8-24)4-11-7-12(15(18,19)20)1-2-14(11)16(21,22)23/h1-3,5-8H,4H2. The van der Waals surface area contributed by atoms with E-state index in [1.807, 2.05) is 0 Å². The molecule has 0 saturated heterocycles. The molecule has 2 aromatic rings. The molecular formula is C16H9F7O. The largest absolute Gasteiger partial charge is 0.416 e. The average Bonchev–Trinajstić information content (AvgIpc) is 2.44. The van der Waals surface area contributed by atoms with E-state index in [0.29, 0.717) is 24.5 Å². The fraction of sp³-hybridized carbons (Fsp3) is 0.188. The first-order valence-corrected chi connectivity index (χ1v) is 6.52.